The molecule has 2 aromatic rings. The summed E-state index contributed by atoms with van der Waals surface area (Å²) in [4.78, 5) is 11.4. The van der Waals surface area contributed by atoms with Crippen LogP contribution in [0, 0.1) is 5.41 Å². The van der Waals surface area contributed by atoms with Crippen molar-refractivity contribution >= 4 is 11.5 Å². The highest BCUT2D eigenvalue weighted by molar-refractivity contribution is 5.87. The fourth-order valence-electron chi connectivity index (χ4n) is 2.06. The molecule has 0 heterocycles. The average Bonchev–Trinajstić information content (AvgIpc) is 2.46. The van der Waals surface area contributed by atoms with E-state index in [2.05, 4.69) is 0 Å². The molecule has 0 aromatic heterocycles. The van der Waals surface area contributed by atoms with E-state index in [0.717, 1.165) is 5.56 Å². The number of rotatable bonds is 4. The minimum Gasteiger partial charge on any atom is -0.507 e. The van der Waals surface area contributed by atoms with Gasteiger partial charge in [0.25, 0.3) is 0 Å². The van der Waals surface area contributed by atoms with Crippen molar-refractivity contribution < 1.29 is 15.0 Å². The smallest absolute Gasteiger partial charge is 0.312 e. The van der Waals surface area contributed by atoms with Gasteiger partial charge in [-0.15, -0.1) is 0 Å². The molecule has 0 aliphatic carbocycles. The normalized spacial score (nSPS) is 12.2. The Morgan fingerprint density at radius 3 is 2.14 bits per heavy atom. The molecule has 0 spiro atoms. The first-order valence-electron chi connectivity index (χ1n) is 6.72. The molecule has 108 valence electrons. The van der Waals surface area contributed by atoms with E-state index in [-0.39, 0.29) is 5.75 Å². The van der Waals surface area contributed by atoms with Crippen LogP contribution in [0.3, 0.4) is 0 Å². The number of carboxylic acids is 1. The molecule has 0 bridgehead atoms. The number of para-hydroxylation sites is 1. The first kappa shape index (κ1) is 14.9. The van der Waals surface area contributed by atoms with Gasteiger partial charge in [-0.3, -0.25) is 4.79 Å². The Labute approximate surface area is 124 Å². The third-order valence-electron chi connectivity index (χ3n) is 3.34. The zero-order valence-electron chi connectivity index (χ0n) is 12.1. The molecule has 3 nitrogen and oxygen atoms in total. The van der Waals surface area contributed by atoms with E-state index < -0.39 is 11.4 Å². The Kier molecular flexibility index (Phi) is 4.13. The minimum atomic E-state index is -1.03. The van der Waals surface area contributed by atoms with Crippen molar-refractivity contribution in [3.8, 4) is 5.75 Å². The fourth-order valence-corrected chi connectivity index (χ4v) is 2.06. The summed E-state index contributed by atoms with van der Waals surface area (Å²) >= 11 is 0. The Balaban J connectivity index is 2.65. The SMILES string of the molecule is CC(C)(/C=C(/c1ccccc1)c1ccccc1O)C(=O)O. The molecule has 0 aliphatic rings. The number of phenols is 1. The molecule has 0 unspecified atom stereocenters. The van der Waals surface area contributed by atoms with Crippen LogP contribution in [0.15, 0.2) is 60.7 Å². The highest BCUT2D eigenvalue weighted by Gasteiger charge is 2.26. The van der Waals surface area contributed by atoms with E-state index in [9.17, 15) is 15.0 Å². The lowest BCUT2D eigenvalue weighted by molar-refractivity contribution is -0.144. The van der Waals surface area contributed by atoms with Gasteiger partial charge in [-0.2, -0.15) is 0 Å². The molecule has 0 atom stereocenters. The number of benzene rings is 2. The van der Waals surface area contributed by atoms with Crippen LogP contribution in [0.5, 0.6) is 5.75 Å². The van der Waals surface area contributed by atoms with E-state index in [0.29, 0.717) is 11.1 Å². The van der Waals surface area contributed by atoms with Crippen molar-refractivity contribution in [2.45, 2.75) is 13.8 Å². The summed E-state index contributed by atoms with van der Waals surface area (Å²) in [6.07, 6.45) is 1.68. The maximum atomic E-state index is 11.4. The Morgan fingerprint density at radius 2 is 1.57 bits per heavy atom. The summed E-state index contributed by atoms with van der Waals surface area (Å²) in [6, 6.07) is 16.4. The van der Waals surface area contributed by atoms with Crippen molar-refractivity contribution in [3.63, 3.8) is 0 Å². The second-order valence-electron chi connectivity index (χ2n) is 5.47. The quantitative estimate of drug-likeness (QED) is 0.893. The van der Waals surface area contributed by atoms with E-state index in [4.69, 9.17) is 0 Å². The Morgan fingerprint density at radius 1 is 1.00 bits per heavy atom. The summed E-state index contributed by atoms with van der Waals surface area (Å²) < 4.78 is 0. The van der Waals surface area contributed by atoms with Crippen LogP contribution in [0.4, 0.5) is 0 Å². The van der Waals surface area contributed by atoms with E-state index in [1.54, 1.807) is 38.1 Å². The Bertz CT molecular complexity index is 670. The first-order chi connectivity index (χ1) is 9.92. The van der Waals surface area contributed by atoms with Gasteiger partial charge in [0.1, 0.15) is 5.75 Å². The predicted molar refractivity (Wildman–Crippen MR) is 83.0 cm³/mol. The van der Waals surface area contributed by atoms with Crippen LogP contribution >= 0.6 is 0 Å². The van der Waals surface area contributed by atoms with Crippen molar-refractivity contribution in [1.82, 2.24) is 0 Å². The van der Waals surface area contributed by atoms with Crippen LogP contribution in [-0.2, 0) is 4.79 Å². The molecule has 0 aliphatic heterocycles. The minimum absolute atomic E-state index is 0.133. The molecule has 2 rings (SSSR count). The molecule has 2 N–H and O–H groups in total. The second kappa shape index (κ2) is 5.83. The highest BCUT2D eigenvalue weighted by Crippen LogP contribution is 2.34. The van der Waals surface area contributed by atoms with Crippen molar-refractivity contribution in [2.75, 3.05) is 0 Å². The molecule has 2 aromatic carbocycles. The number of carbonyl (C=O) groups is 1. The molecular weight excluding hydrogens is 264 g/mol. The van der Waals surface area contributed by atoms with Gasteiger partial charge in [-0.25, -0.2) is 0 Å². The van der Waals surface area contributed by atoms with Gasteiger partial charge in [0, 0.05) is 5.56 Å². The monoisotopic (exact) mass is 282 g/mol. The lowest BCUT2D eigenvalue weighted by atomic mass is 9.86. The topological polar surface area (TPSA) is 57.5 Å². The molecular formula is C18H18O3. The van der Waals surface area contributed by atoms with Gasteiger partial charge in [0.05, 0.1) is 5.41 Å². The van der Waals surface area contributed by atoms with E-state index in [1.807, 2.05) is 36.4 Å². The third kappa shape index (κ3) is 3.31. The molecule has 0 saturated carbocycles. The van der Waals surface area contributed by atoms with Gasteiger partial charge in [-0.05, 0) is 31.1 Å². The summed E-state index contributed by atoms with van der Waals surface area (Å²) in [5.74, 6) is -0.778. The van der Waals surface area contributed by atoms with Crippen molar-refractivity contribution in [2.24, 2.45) is 5.41 Å². The standard InChI is InChI=1S/C18H18O3/c1-18(2,17(20)21)12-15(13-8-4-3-5-9-13)14-10-6-7-11-16(14)19/h3-12,19H,1-2H3,(H,20,21)/b15-12-. The summed E-state index contributed by atoms with van der Waals surface area (Å²) in [7, 11) is 0. The molecule has 21 heavy (non-hydrogen) atoms. The number of phenolic OH excluding ortho intramolecular Hbond substituents is 1. The lowest BCUT2D eigenvalue weighted by Crippen LogP contribution is -2.21. The van der Waals surface area contributed by atoms with Crippen molar-refractivity contribution in [3.05, 3.63) is 71.8 Å². The van der Waals surface area contributed by atoms with E-state index in [1.165, 1.54) is 0 Å². The summed E-state index contributed by atoms with van der Waals surface area (Å²) in [6.45, 7) is 3.27. The largest absolute Gasteiger partial charge is 0.507 e. The number of aromatic hydroxyl groups is 1. The molecule has 0 amide bonds. The molecule has 3 heteroatoms. The number of hydrogen-bond donors (Lipinski definition) is 2. The maximum absolute atomic E-state index is 11.4. The van der Waals surface area contributed by atoms with Crippen LogP contribution < -0.4 is 0 Å². The van der Waals surface area contributed by atoms with Crippen LogP contribution in [0.1, 0.15) is 25.0 Å². The van der Waals surface area contributed by atoms with Gasteiger partial charge in [0.15, 0.2) is 0 Å². The summed E-state index contributed by atoms with van der Waals surface area (Å²) in [5, 5.41) is 19.4. The number of hydrogen-bond acceptors (Lipinski definition) is 2. The van der Waals surface area contributed by atoms with Crippen LogP contribution in [0.25, 0.3) is 5.57 Å². The third-order valence-corrected chi connectivity index (χ3v) is 3.34. The molecule has 0 radical (unpaired) electrons. The maximum Gasteiger partial charge on any atom is 0.312 e. The lowest BCUT2D eigenvalue weighted by Gasteiger charge is -2.18. The van der Waals surface area contributed by atoms with Crippen LogP contribution in [-0.4, -0.2) is 16.2 Å². The average molecular weight is 282 g/mol. The van der Waals surface area contributed by atoms with Crippen molar-refractivity contribution in [1.29, 1.82) is 0 Å². The van der Waals surface area contributed by atoms with Gasteiger partial charge < -0.3 is 10.2 Å². The molecule has 0 saturated heterocycles. The number of carboxylic acid groups (broad SMARTS) is 1. The van der Waals surface area contributed by atoms with Gasteiger partial charge in [-0.1, -0.05) is 54.6 Å². The van der Waals surface area contributed by atoms with E-state index >= 15 is 0 Å². The highest BCUT2D eigenvalue weighted by atomic mass is 16.4. The number of aliphatic carboxylic acids is 1. The zero-order valence-corrected chi connectivity index (χ0v) is 12.1. The van der Waals surface area contributed by atoms with Gasteiger partial charge >= 0.3 is 5.97 Å². The fraction of sp³-hybridized carbons (Fsp3) is 0.167. The predicted octanol–water partition coefficient (Wildman–Crippen LogP) is 3.93. The molecule has 0 fully saturated rings. The second-order valence-corrected chi connectivity index (χ2v) is 5.47. The van der Waals surface area contributed by atoms with Gasteiger partial charge in [0.2, 0.25) is 0 Å². The van der Waals surface area contributed by atoms with Crippen LogP contribution in [0.2, 0.25) is 0 Å². The summed E-state index contributed by atoms with van der Waals surface area (Å²) in [5.41, 5.74) is 1.17. The Hall–Kier alpha value is -2.55. The zero-order chi connectivity index (χ0) is 15.5. The first-order valence-corrected chi connectivity index (χ1v) is 6.72.